The van der Waals surface area contributed by atoms with Crippen LogP contribution in [0.3, 0.4) is 0 Å². The molecule has 3 N–H and O–H groups in total. The minimum atomic E-state index is -3.69. The van der Waals surface area contributed by atoms with Crippen LogP contribution in [0.4, 0.5) is 33.3 Å². The fourth-order valence-electron chi connectivity index (χ4n) is 2.16. The molecule has 0 bridgehead atoms. The van der Waals surface area contributed by atoms with Crippen LogP contribution in [0.25, 0.3) is 0 Å². The molecule has 0 aliphatic carbocycles. The highest BCUT2D eigenvalue weighted by Crippen LogP contribution is 2.31. The minimum absolute atomic E-state index is 0.143. The van der Waals surface area contributed by atoms with Crippen LogP contribution in [0.15, 0.2) is 36.7 Å². The normalized spacial score (nSPS) is 11.3. The SMILES string of the molecule is Cn1ccc(Nc2ncc(Cl)c(Nc3cccc(F)c3NS(C)(=O)=O)n2)n1. The summed E-state index contributed by atoms with van der Waals surface area (Å²) >= 11 is 6.11. The van der Waals surface area contributed by atoms with Crippen LogP contribution in [0, 0.1) is 5.82 Å². The summed E-state index contributed by atoms with van der Waals surface area (Å²) in [6.45, 7) is 0. The molecule has 3 rings (SSSR count). The number of aryl methyl sites for hydroxylation is 1. The Morgan fingerprint density at radius 3 is 2.67 bits per heavy atom. The molecule has 9 nitrogen and oxygen atoms in total. The Morgan fingerprint density at radius 1 is 1.22 bits per heavy atom. The Hall–Kier alpha value is -2.92. The lowest BCUT2D eigenvalue weighted by molar-refractivity contribution is 0.604. The summed E-state index contributed by atoms with van der Waals surface area (Å²) < 4.78 is 40.9. The average molecular weight is 412 g/mol. The van der Waals surface area contributed by atoms with Crippen molar-refractivity contribution in [2.24, 2.45) is 7.05 Å². The predicted octanol–water partition coefficient (Wildman–Crippen LogP) is 2.86. The second-order valence-electron chi connectivity index (χ2n) is 5.55. The van der Waals surface area contributed by atoms with Gasteiger partial charge in [0, 0.05) is 19.3 Å². The van der Waals surface area contributed by atoms with Crippen molar-refractivity contribution in [1.29, 1.82) is 0 Å². The second-order valence-corrected chi connectivity index (χ2v) is 7.71. The van der Waals surface area contributed by atoms with Gasteiger partial charge in [0.15, 0.2) is 11.6 Å². The summed E-state index contributed by atoms with van der Waals surface area (Å²) in [6.07, 6.45) is 4.02. The molecule has 0 aliphatic rings. The summed E-state index contributed by atoms with van der Waals surface area (Å²) in [4.78, 5) is 8.28. The van der Waals surface area contributed by atoms with E-state index in [1.807, 2.05) is 0 Å². The van der Waals surface area contributed by atoms with Gasteiger partial charge < -0.3 is 10.6 Å². The molecule has 0 unspecified atom stereocenters. The molecule has 0 saturated heterocycles. The van der Waals surface area contributed by atoms with Crippen molar-refractivity contribution in [1.82, 2.24) is 19.7 Å². The molecule has 0 amide bonds. The van der Waals surface area contributed by atoms with Crippen molar-refractivity contribution < 1.29 is 12.8 Å². The van der Waals surface area contributed by atoms with Gasteiger partial charge in [-0.3, -0.25) is 9.40 Å². The fourth-order valence-corrected chi connectivity index (χ4v) is 2.87. The molecule has 0 aliphatic heterocycles. The van der Waals surface area contributed by atoms with Crippen LogP contribution in [0.1, 0.15) is 0 Å². The second kappa shape index (κ2) is 7.37. The van der Waals surface area contributed by atoms with E-state index in [1.165, 1.54) is 18.3 Å². The summed E-state index contributed by atoms with van der Waals surface area (Å²) in [5, 5.41) is 10.0. The minimum Gasteiger partial charge on any atom is -0.337 e. The molecule has 0 saturated carbocycles. The van der Waals surface area contributed by atoms with Crippen LogP contribution in [0.5, 0.6) is 0 Å². The molecule has 0 atom stereocenters. The molecule has 0 radical (unpaired) electrons. The van der Waals surface area contributed by atoms with Gasteiger partial charge in [-0.2, -0.15) is 10.1 Å². The number of rotatable bonds is 6. The quantitative estimate of drug-likeness (QED) is 0.571. The van der Waals surface area contributed by atoms with Crippen LogP contribution in [-0.2, 0) is 17.1 Å². The summed E-state index contributed by atoms with van der Waals surface area (Å²) in [5.74, 6) is 0.139. The van der Waals surface area contributed by atoms with Gasteiger partial charge in [0.1, 0.15) is 16.5 Å². The molecule has 1 aromatic carbocycles. The smallest absolute Gasteiger partial charge is 0.230 e. The van der Waals surface area contributed by atoms with E-state index in [0.29, 0.717) is 5.82 Å². The Balaban J connectivity index is 1.91. The number of halogens is 2. The molecular weight excluding hydrogens is 397 g/mol. The van der Waals surface area contributed by atoms with Gasteiger partial charge in [-0.05, 0) is 12.1 Å². The van der Waals surface area contributed by atoms with Crippen molar-refractivity contribution in [2.45, 2.75) is 0 Å². The number of aromatic nitrogens is 4. The average Bonchev–Trinajstić information content (AvgIpc) is 2.98. The first-order chi connectivity index (χ1) is 12.7. The van der Waals surface area contributed by atoms with Crippen molar-refractivity contribution >= 4 is 50.6 Å². The third kappa shape index (κ3) is 4.83. The molecule has 12 heteroatoms. The first kappa shape index (κ1) is 18.9. The van der Waals surface area contributed by atoms with Crippen molar-refractivity contribution in [2.75, 3.05) is 21.6 Å². The zero-order valence-corrected chi connectivity index (χ0v) is 15.8. The maximum Gasteiger partial charge on any atom is 0.230 e. The maximum atomic E-state index is 14.1. The molecule has 3 aromatic rings. The van der Waals surface area contributed by atoms with Crippen molar-refractivity contribution in [3.63, 3.8) is 0 Å². The number of sulfonamides is 1. The number of nitrogens with one attached hydrogen (secondary N) is 3. The number of anilines is 5. The van der Waals surface area contributed by atoms with E-state index in [1.54, 1.807) is 24.0 Å². The molecule has 142 valence electrons. The van der Waals surface area contributed by atoms with E-state index in [4.69, 9.17) is 11.6 Å². The topological polar surface area (TPSA) is 114 Å². The summed E-state index contributed by atoms with van der Waals surface area (Å²) in [5.41, 5.74) is -0.0984. The third-order valence-electron chi connectivity index (χ3n) is 3.25. The number of hydrogen-bond donors (Lipinski definition) is 3. The van der Waals surface area contributed by atoms with Crippen LogP contribution < -0.4 is 15.4 Å². The van der Waals surface area contributed by atoms with Crippen LogP contribution in [-0.4, -0.2) is 34.4 Å². The lowest BCUT2D eigenvalue weighted by Crippen LogP contribution is -2.13. The molecule has 27 heavy (non-hydrogen) atoms. The van der Waals surface area contributed by atoms with Crippen molar-refractivity contribution in [3.05, 3.63) is 47.5 Å². The molecular formula is C15H15ClFN7O2S. The van der Waals surface area contributed by atoms with Gasteiger partial charge >= 0.3 is 0 Å². The van der Waals surface area contributed by atoms with Gasteiger partial charge in [-0.15, -0.1) is 0 Å². The lowest BCUT2D eigenvalue weighted by atomic mass is 10.2. The number of hydrogen-bond acceptors (Lipinski definition) is 7. The largest absolute Gasteiger partial charge is 0.337 e. The van der Waals surface area contributed by atoms with E-state index in [-0.39, 0.29) is 28.2 Å². The highest BCUT2D eigenvalue weighted by molar-refractivity contribution is 7.92. The Morgan fingerprint density at radius 2 is 2.00 bits per heavy atom. The number of nitrogens with zero attached hydrogens (tertiary/aromatic N) is 4. The highest BCUT2D eigenvalue weighted by atomic mass is 35.5. The third-order valence-corrected chi connectivity index (χ3v) is 4.10. The van der Waals surface area contributed by atoms with Gasteiger partial charge in [0.05, 0.1) is 18.1 Å². The Kier molecular flexibility index (Phi) is 5.15. The molecule has 0 spiro atoms. The summed E-state index contributed by atoms with van der Waals surface area (Å²) in [6, 6.07) is 5.77. The van der Waals surface area contributed by atoms with Crippen LogP contribution in [0.2, 0.25) is 5.02 Å². The van der Waals surface area contributed by atoms with Crippen LogP contribution >= 0.6 is 11.6 Å². The van der Waals surface area contributed by atoms with Crippen molar-refractivity contribution in [3.8, 4) is 0 Å². The highest BCUT2D eigenvalue weighted by Gasteiger charge is 2.15. The predicted molar refractivity (Wildman–Crippen MR) is 102 cm³/mol. The zero-order chi connectivity index (χ0) is 19.6. The monoisotopic (exact) mass is 411 g/mol. The van der Waals surface area contributed by atoms with E-state index in [2.05, 4.69) is 30.4 Å². The fraction of sp³-hybridized carbons (Fsp3) is 0.133. The van der Waals surface area contributed by atoms with Gasteiger partial charge in [0.25, 0.3) is 0 Å². The Bertz CT molecular complexity index is 1090. The zero-order valence-electron chi connectivity index (χ0n) is 14.2. The lowest BCUT2D eigenvalue weighted by Gasteiger charge is -2.14. The standard InChI is InChI=1S/C15H15ClFN7O2S/c1-24-7-6-12(22-24)20-15-18-8-9(16)14(21-15)19-11-5-3-4-10(17)13(11)23-27(2,25)26/h3-8,23H,1-2H3,(H2,18,19,20,21,22). The van der Waals surface area contributed by atoms with E-state index < -0.39 is 15.8 Å². The molecule has 2 aromatic heterocycles. The van der Waals surface area contributed by atoms with E-state index in [0.717, 1.165) is 12.3 Å². The molecule has 0 fully saturated rings. The molecule has 2 heterocycles. The maximum absolute atomic E-state index is 14.1. The first-order valence-corrected chi connectivity index (χ1v) is 9.81. The Labute approximate surface area is 159 Å². The van der Waals surface area contributed by atoms with Gasteiger partial charge in [-0.25, -0.2) is 17.8 Å². The van der Waals surface area contributed by atoms with Gasteiger partial charge in [0.2, 0.25) is 16.0 Å². The van der Waals surface area contributed by atoms with E-state index >= 15 is 0 Å². The summed E-state index contributed by atoms with van der Waals surface area (Å²) in [7, 11) is -1.92. The number of benzene rings is 1. The van der Waals surface area contributed by atoms with E-state index in [9.17, 15) is 12.8 Å². The number of para-hydroxylation sites is 1. The van der Waals surface area contributed by atoms with Gasteiger partial charge in [-0.1, -0.05) is 17.7 Å². The first-order valence-electron chi connectivity index (χ1n) is 7.54.